The first-order valence-corrected chi connectivity index (χ1v) is 9.04. The quantitative estimate of drug-likeness (QED) is 0.768. The summed E-state index contributed by atoms with van der Waals surface area (Å²) in [5.41, 5.74) is 7.59. The molecule has 3 rings (SSSR count). The van der Waals surface area contributed by atoms with E-state index in [4.69, 9.17) is 0 Å². The largest absolute Gasteiger partial charge is 0.318 e. The van der Waals surface area contributed by atoms with Crippen LogP contribution < -0.4 is 0 Å². The van der Waals surface area contributed by atoms with E-state index in [2.05, 4.69) is 65.6 Å². The number of benzene rings is 1. The Morgan fingerprint density at radius 3 is 2.29 bits per heavy atom. The van der Waals surface area contributed by atoms with E-state index in [1.165, 1.54) is 66.3 Å². The number of likely N-dealkylation sites (tertiary alicyclic amines) is 1. The fourth-order valence-electron chi connectivity index (χ4n) is 3.75. The second-order valence-electron chi connectivity index (χ2n) is 6.96. The molecule has 2 aromatic rings. The van der Waals surface area contributed by atoms with Crippen LogP contribution in [0.25, 0.3) is 5.69 Å². The minimum absolute atomic E-state index is 0.967. The third kappa shape index (κ3) is 3.46. The van der Waals surface area contributed by atoms with Crippen molar-refractivity contribution in [2.24, 2.45) is 4.99 Å². The lowest BCUT2D eigenvalue weighted by atomic mass is 10.1. The van der Waals surface area contributed by atoms with Gasteiger partial charge in [0.1, 0.15) is 0 Å². The van der Waals surface area contributed by atoms with Gasteiger partial charge in [0, 0.05) is 36.2 Å². The molecule has 0 unspecified atom stereocenters. The normalized spacial score (nSPS) is 16.6. The van der Waals surface area contributed by atoms with Crippen molar-refractivity contribution in [3.05, 3.63) is 52.8 Å². The maximum Gasteiger partial charge on any atom is 0.0575 e. The SMILES string of the molecule is C/N=C(/CN1CCCCC1)c1cc(C)n(-c2ccc(C)cc2)c1C. The monoisotopic (exact) mass is 323 g/mol. The summed E-state index contributed by atoms with van der Waals surface area (Å²) in [5.74, 6) is 0. The van der Waals surface area contributed by atoms with Gasteiger partial charge in [0.05, 0.1) is 5.71 Å². The van der Waals surface area contributed by atoms with Gasteiger partial charge in [-0.2, -0.15) is 0 Å². The van der Waals surface area contributed by atoms with E-state index >= 15 is 0 Å². The molecule has 0 radical (unpaired) electrons. The molecule has 0 bridgehead atoms. The number of aromatic nitrogens is 1. The molecule has 1 saturated heterocycles. The molecule has 0 spiro atoms. The molecule has 24 heavy (non-hydrogen) atoms. The summed E-state index contributed by atoms with van der Waals surface area (Å²) in [5, 5.41) is 0. The van der Waals surface area contributed by atoms with E-state index in [1.54, 1.807) is 0 Å². The molecular weight excluding hydrogens is 294 g/mol. The molecule has 3 heteroatoms. The van der Waals surface area contributed by atoms with Crippen LogP contribution in [0.2, 0.25) is 0 Å². The molecule has 1 fully saturated rings. The van der Waals surface area contributed by atoms with E-state index in [9.17, 15) is 0 Å². The molecular formula is C21H29N3. The average Bonchev–Trinajstić information content (AvgIpc) is 2.89. The minimum Gasteiger partial charge on any atom is -0.318 e. The summed E-state index contributed by atoms with van der Waals surface area (Å²) < 4.78 is 2.34. The lowest BCUT2D eigenvalue weighted by Crippen LogP contribution is -2.35. The van der Waals surface area contributed by atoms with E-state index in [-0.39, 0.29) is 0 Å². The topological polar surface area (TPSA) is 20.5 Å². The number of hydrogen-bond acceptors (Lipinski definition) is 2. The standard InChI is InChI=1S/C21H29N3/c1-16-8-10-19(11-9-16)24-17(2)14-20(18(24)3)21(22-4)15-23-12-6-5-7-13-23/h8-11,14H,5-7,12-13,15H2,1-4H3/b22-21-. The highest BCUT2D eigenvalue weighted by Crippen LogP contribution is 2.22. The van der Waals surface area contributed by atoms with Crippen LogP contribution in [0.1, 0.15) is 41.8 Å². The van der Waals surface area contributed by atoms with Crippen molar-refractivity contribution >= 4 is 5.71 Å². The third-order valence-electron chi connectivity index (χ3n) is 5.13. The van der Waals surface area contributed by atoms with Crippen molar-refractivity contribution < 1.29 is 0 Å². The van der Waals surface area contributed by atoms with E-state index in [0.717, 1.165) is 6.54 Å². The maximum atomic E-state index is 4.64. The number of aliphatic imine (C=N–C) groups is 1. The van der Waals surface area contributed by atoms with Gasteiger partial charge >= 0.3 is 0 Å². The van der Waals surface area contributed by atoms with E-state index in [1.807, 2.05) is 7.05 Å². The van der Waals surface area contributed by atoms with Gasteiger partial charge in [-0.05, 0) is 64.9 Å². The maximum absolute atomic E-state index is 4.64. The van der Waals surface area contributed by atoms with Crippen molar-refractivity contribution in [2.75, 3.05) is 26.7 Å². The van der Waals surface area contributed by atoms with Gasteiger partial charge in [0.25, 0.3) is 0 Å². The van der Waals surface area contributed by atoms with Crippen LogP contribution in [0.4, 0.5) is 0 Å². The van der Waals surface area contributed by atoms with Crippen LogP contribution in [0, 0.1) is 20.8 Å². The van der Waals surface area contributed by atoms with Crippen molar-refractivity contribution in [3.8, 4) is 5.69 Å². The molecule has 2 heterocycles. The predicted octanol–water partition coefficient (Wildman–Crippen LogP) is 4.31. The summed E-state index contributed by atoms with van der Waals surface area (Å²) in [7, 11) is 1.93. The fraction of sp³-hybridized carbons (Fsp3) is 0.476. The lowest BCUT2D eigenvalue weighted by molar-refractivity contribution is 0.258. The lowest BCUT2D eigenvalue weighted by Gasteiger charge is -2.27. The first-order chi connectivity index (χ1) is 11.6. The molecule has 1 aliphatic rings. The van der Waals surface area contributed by atoms with E-state index < -0.39 is 0 Å². The Labute approximate surface area is 146 Å². The Bertz CT molecular complexity index is 716. The van der Waals surface area contributed by atoms with Gasteiger partial charge in [0.2, 0.25) is 0 Å². The molecule has 0 amide bonds. The average molecular weight is 323 g/mol. The predicted molar refractivity (Wildman–Crippen MR) is 103 cm³/mol. The molecule has 3 nitrogen and oxygen atoms in total. The Morgan fingerprint density at radius 2 is 1.67 bits per heavy atom. The Morgan fingerprint density at radius 1 is 1.00 bits per heavy atom. The first kappa shape index (κ1) is 17.0. The van der Waals surface area contributed by atoms with Gasteiger partial charge < -0.3 is 4.57 Å². The Balaban J connectivity index is 1.90. The molecule has 1 aromatic carbocycles. The van der Waals surface area contributed by atoms with E-state index in [0.29, 0.717) is 0 Å². The zero-order valence-corrected chi connectivity index (χ0v) is 15.5. The number of piperidine rings is 1. The van der Waals surface area contributed by atoms with Crippen LogP contribution in [-0.2, 0) is 0 Å². The summed E-state index contributed by atoms with van der Waals surface area (Å²) in [6.07, 6.45) is 4.01. The highest BCUT2D eigenvalue weighted by atomic mass is 15.1. The van der Waals surface area contributed by atoms with Gasteiger partial charge in [-0.15, -0.1) is 0 Å². The summed E-state index contributed by atoms with van der Waals surface area (Å²) in [6.45, 7) is 9.90. The first-order valence-electron chi connectivity index (χ1n) is 9.04. The number of nitrogens with zero attached hydrogens (tertiary/aromatic N) is 3. The molecule has 128 valence electrons. The highest BCUT2D eigenvalue weighted by molar-refractivity contribution is 6.03. The molecule has 1 aromatic heterocycles. The number of hydrogen-bond donors (Lipinski definition) is 0. The second-order valence-corrected chi connectivity index (χ2v) is 6.96. The molecule has 0 aliphatic carbocycles. The van der Waals surface area contributed by atoms with Crippen molar-refractivity contribution in [3.63, 3.8) is 0 Å². The molecule has 0 N–H and O–H groups in total. The van der Waals surface area contributed by atoms with Crippen LogP contribution in [0.15, 0.2) is 35.3 Å². The van der Waals surface area contributed by atoms with Gasteiger partial charge in [-0.3, -0.25) is 9.89 Å². The van der Waals surface area contributed by atoms with Crippen molar-refractivity contribution in [1.29, 1.82) is 0 Å². The highest BCUT2D eigenvalue weighted by Gasteiger charge is 2.18. The van der Waals surface area contributed by atoms with Crippen molar-refractivity contribution in [1.82, 2.24) is 9.47 Å². The van der Waals surface area contributed by atoms with Gasteiger partial charge in [-0.25, -0.2) is 0 Å². The number of aryl methyl sites for hydroxylation is 2. The smallest absolute Gasteiger partial charge is 0.0575 e. The fourth-order valence-corrected chi connectivity index (χ4v) is 3.75. The third-order valence-corrected chi connectivity index (χ3v) is 5.13. The summed E-state index contributed by atoms with van der Waals surface area (Å²) >= 11 is 0. The molecule has 1 aliphatic heterocycles. The zero-order valence-electron chi connectivity index (χ0n) is 15.5. The summed E-state index contributed by atoms with van der Waals surface area (Å²) in [6, 6.07) is 11.0. The van der Waals surface area contributed by atoms with Crippen LogP contribution in [0.3, 0.4) is 0 Å². The van der Waals surface area contributed by atoms with Gasteiger partial charge in [0.15, 0.2) is 0 Å². The Hall–Kier alpha value is -1.87. The van der Waals surface area contributed by atoms with Crippen LogP contribution in [-0.4, -0.2) is 41.9 Å². The zero-order chi connectivity index (χ0) is 17.1. The van der Waals surface area contributed by atoms with Crippen LogP contribution >= 0.6 is 0 Å². The van der Waals surface area contributed by atoms with Crippen LogP contribution in [0.5, 0.6) is 0 Å². The molecule has 0 saturated carbocycles. The summed E-state index contributed by atoms with van der Waals surface area (Å²) in [4.78, 5) is 7.18. The number of rotatable bonds is 4. The van der Waals surface area contributed by atoms with Gasteiger partial charge in [-0.1, -0.05) is 24.1 Å². The second kappa shape index (κ2) is 7.35. The minimum atomic E-state index is 0.967. The van der Waals surface area contributed by atoms with Crippen molar-refractivity contribution in [2.45, 2.75) is 40.0 Å². The Kier molecular flexibility index (Phi) is 5.20. The molecule has 0 atom stereocenters.